The number of aliphatic carboxylic acids is 1. The molecule has 10 heteroatoms. The van der Waals surface area contributed by atoms with Gasteiger partial charge in [0.25, 0.3) is 11.5 Å². The third-order valence-corrected chi connectivity index (χ3v) is 4.39. The maximum Gasteiger partial charge on any atom is 0.307 e. The fourth-order valence-corrected chi connectivity index (χ4v) is 2.79. The van der Waals surface area contributed by atoms with E-state index in [2.05, 4.69) is 26.3 Å². The van der Waals surface area contributed by atoms with Gasteiger partial charge in [-0.05, 0) is 42.0 Å². The molecule has 29 heavy (non-hydrogen) atoms. The first-order valence-electron chi connectivity index (χ1n) is 8.19. The number of aromatic hydroxyl groups is 2. The molecule has 0 atom stereocenters. The minimum Gasteiger partial charge on any atom is -0.506 e. The number of carboxylic acids is 1. The lowest BCUT2D eigenvalue weighted by Crippen LogP contribution is -2.25. The molecule has 2 aromatic carbocycles. The summed E-state index contributed by atoms with van der Waals surface area (Å²) >= 11 is 3.28. The van der Waals surface area contributed by atoms with Gasteiger partial charge in [-0.2, -0.15) is 9.78 Å². The zero-order valence-electron chi connectivity index (χ0n) is 14.7. The third-order valence-electron chi connectivity index (χ3n) is 3.86. The summed E-state index contributed by atoms with van der Waals surface area (Å²) < 4.78 is 1.73. The molecular weight excluding hydrogens is 446 g/mol. The summed E-state index contributed by atoms with van der Waals surface area (Å²) in [5.74, 6) is -2.90. The Bertz CT molecular complexity index is 1160. The number of phenols is 1. The normalized spacial score (nSPS) is 10.5. The van der Waals surface area contributed by atoms with Crippen LogP contribution >= 0.6 is 15.9 Å². The summed E-state index contributed by atoms with van der Waals surface area (Å²) in [6, 6.07) is 11.3. The van der Waals surface area contributed by atoms with Crippen molar-refractivity contribution in [2.75, 3.05) is 5.32 Å². The summed E-state index contributed by atoms with van der Waals surface area (Å²) in [6.07, 6.45) is -0.304. The lowest BCUT2D eigenvalue weighted by molar-refractivity contribution is -0.136. The third kappa shape index (κ3) is 4.61. The van der Waals surface area contributed by atoms with Crippen molar-refractivity contribution in [2.45, 2.75) is 6.42 Å². The molecule has 148 valence electrons. The van der Waals surface area contributed by atoms with E-state index in [-0.39, 0.29) is 17.9 Å². The molecule has 1 amide bonds. The highest BCUT2D eigenvalue weighted by molar-refractivity contribution is 9.10. The zero-order chi connectivity index (χ0) is 21.1. The zero-order valence-corrected chi connectivity index (χ0v) is 16.3. The highest BCUT2D eigenvalue weighted by Gasteiger charge is 2.18. The van der Waals surface area contributed by atoms with Gasteiger partial charge in [-0.25, -0.2) is 0 Å². The van der Waals surface area contributed by atoms with Crippen molar-refractivity contribution in [1.82, 2.24) is 9.78 Å². The first kappa shape index (κ1) is 20.1. The molecule has 1 aromatic heterocycles. The fourth-order valence-electron chi connectivity index (χ4n) is 2.53. The summed E-state index contributed by atoms with van der Waals surface area (Å²) in [7, 11) is 0. The second-order valence-electron chi connectivity index (χ2n) is 5.98. The molecule has 0 spiro atoms. The predicted octanol–water partition coefficient (Wildman–Crippen LogP) is 2.29. The average Bonchev–Trinajstić information content (AvgIpc) is 2.65. The van der Waals surface area contributed by atoms with Crippen LogP contribution in [0.2, 0.25) is 0 Å². The number of carboxylic acid groups (broad SMARTS) is 1. The van der Waals surface area contributed by atoms with Gasteiger partial charge in [-0.1, -0.05) is 22.0 Å². The predicted molar refractivity (Wildman–Crippen MR) is 107 cm³/mol. The van der Waals surface area contributed by atoms with E-state index in [4.69, 9.17) is 5.11 Å². The van der Waals surface area contributed by atoms with Gasteiger partial charge in [0.15, 0.2) is 11.4 Å². The number of nitrogens with one attached hydrogen (secondary N) is 1. The van der Waals surface area contributed by atoms with Crippen molar-refractivity contribution in [3.8, 4) is 17.2 Å². The Labute approximate surface area is 172 Å². The number of aromatic nitrogens is 2. The molecule has 0 saturated heterocycles. The van der Waals surface area contributed by atoms with Crippen LogP contribution in [0.4, 0.5) is 5.69 Å². The largest absolute Gasteiger partial charge is 0.506 e. The van der Waals surface area contributed by atoms with Gasteiger partial charge in [-0.15, -0.1) is 0 Å². The van der Waals surface area contributed by atoms with Gasteiger partial charge >= 0.3 is 5.97 Å². The van der Waals surface area contributed by atoms with E-state index in [1.165, 1.54) is 18.2 Å². The average molecular weight is 460 g/mol. The van der Waals surface area contributed by atoms with Gasteiger partial charge in [0.1, 0.15) is 5.75 Å². The van der Waals surface area contributed by atoms with Crippen LogP contribution in [0.25, 0.3) is 5.69 Å². The second-order valence-corrected chi connectivity index (χ2v) is 6.90. The van der Waals surface area contributed by atoms with Crippen molar-refractivity contribution in [2.24, 2.45) is 0 Å². The summed E-state index contributed by atoms with van der Waals surface area (Å²) in [4.78, 5) is 35.6. The molecule has 3 aromatic rings. The van der Waals surface area contributed by atoms with Crippen LogP contribution in [-0.4, -0.2) is 37.0 Å². The molecule has 0 aliphatic heterocycles. The fraction of sp³-hybridized carbons (Fsp3) is 0.0526. The van der Waals surface area contributed by atoms with Gasteiger partial charge in [0.05, 0.1) is 17.8 Å². The van der Waals surface area contributed by atoms with Crippen molar-refractivity contribution < 1.29 is 24.9 Å². The topological polar surface area (TPSA) is 142 Å². The van der Waals surface area contributed by atoms with Crippen molar-refractivity contribution >= 4 is 33.5 Å². The Kier molecular flexibility index (Phi) is 5.64. The van der Waals surface area contributed by atoms with Gasteiger partial charge < -0.3 is 20.6 Å². The Morgan fingerprint density at radius 1 is 1.03 bits per heavy atom. The van der Waals surface area contributed by atoms with Crippen LogP contribution in [0.5, 0.6) is 11.5 Å². The van der Waals surface area contributed by atoms with Crippen LogP contribution in [0.3, 0.4) is 0 Å². The number of halogens is 1. The number of nitrogens with zero attached hydrogens (tertiary/aromatic N) is 2. The minimum atomic E-state index is -1.08. The number of anilines is 1. The molecule has 3 rings (SSSR count). The lowest BCUT2D eigenvalue weighted by atomic mass is 10.1. The Hall–Kier alpha value is -3.66. The Morgan fingerprint density at radius 2 is 1.72 bits per heavy atom. The van der Waals surface area contributed by atoms with Gasteiger partial charge in [-0.3, -0.25) is 14.4 Å². The lowest BCUT2D eigenvalue weighted by Gasteiger charge is -2.11. The molecule has 9 nitrogen and oxygen atoms in total. The van der Waals surface area contributed by atoms with E-state index in [1.54, 1.807) is 24.3 Å². The maximum atomic E-state index is 12.6. The first-order chi connectivity index (χ1) is 13.7. The van der Waals surface area contributed by atoms with Gasteiger partial charge in [0.2, 0.25) is 0 Å². The molecule has 0 aliphatic carbocycles. The molecule has 4 N–H and O–H groups in total. The second kappa shape index (κ2) is 8.15. The molecule has 0 radical (unpaired) electrons. The first-order valence-corrected chi connectivity index (χ1v) is 8.98. The maximum absolute atomic E-state index is 12.6. The standard InChI is InChI=1S/C19H14BrN3O6/c20-11-2-4-12(5-3-11)23-16(26)9-15(25)18(22-23)19(29)21-13-7-10(8-17(27)28)1-6-14(13)24/h1-7,9,24-25H,8H2,(H,21,29)(H,27,28). The van der Waals surface area contributed by atoms with E-state index < -0.39 is 28.9 Å². The van der Waals surface area contributed by atoms with Crippen LogP contribution in [0.1, 0.15) is 16.1 Å². The summed E-state index contributed by atoms with van der Waals surface area (Å²) in [6.45, 7) is 0. The molecular formula is C19H14BrN3O6. The SMILES string of the molecule is O=C(O)Cc1ccc(O)c(NC(=O)c2nn(-c3ccc(Br)cc3)c(=O)cc2O)c1. The Morgan fingerprint density at radius 3 is 2.38 bits per heavy atom. The number of amides is 1. The van der Waals surface area contributed by atoms with E-state index in [9.17, 15) is 24.6 Å². The highest BCUT2D eigenvalue weighted by atomic mass is 79.9. The van der Waals surface area contributed by atoms with E-state index in [1.807, 2.05) is 0 Å². The molecule has 1 heterocycles. The van der Waals surface area contributed by atoms with Crippen LogP contribution in [-0.2, 0) is 11.2 Å². The molecule has 0 bridgehead atoms. The summed E-state index contributed by atoms with van der Waals surface area (Å²) in [5.41, 5.74) is -0.430. The van der Waals surface area contributed by atoms with Gasteiger partial charge in [0, 0.05) is 10.5 Å². The molecule has 0 unspecified atom stereocenters. The quantitative estimate of drug-likeness (QED) is 0.428. The van der Waals surface area contributed by atoms with E-state index in [0.29, 0.717) is 11.3 Å². The molecule has 0 saturated carbocycles. The monoisotopic (exact) mass is 459 g/mol. The summed E-state index contributed by atoms with van der Waals surface area (Å²) in [5, 5.41) is 35.1. The minimum absolute atomic E-state index is 0.0589. The number of benzene rings is 2. The van der Waals surface area contributed by atoms with Crippen LogP contribution in [0, 0.1) is 0 Å². The smallest absolute Gasteiger partial charge is 0.307 e. The van der Waals surface area contributed by atoms with Crippen molar-refractivity contribution in [1.29, 1.82) is 0 Å². The highest BCUT2D eigenvalue weighted by Crippen LogP contribution is 2.26. The molecule has 0 fully saturated rings. The van der Waals surface area contributed by atoms with E-state index >= 15 is 0 Å². The van der Waals surface area contributed by atoms with E-state index in [0.717, 1.165) is 15.2 Å². The van der Waals surface area contributed by atoms with Crippen molar-refractivity contribution in [3.05, 3.63) is 74.6 Å². The van der Waals surface area contributed by atoms with Crippen LogP contribution in [0.15, 0.2) is 57.8 Å². The van der Waals surface area contributed by atoms with Crippen molar-refractivity contribution in [3.63, 3.8) is 0 Å². The Balaban J connectivity index is 1.96. The molecule has 0 aliphatic rings. The number of rotatable bonds is 5. The number of carbonyl (C=O) groups is 2. The number of hydrogen-bond acceptors (Lipinski definition) is 6. The van der Waals surface area contributed by atoms with Crippen LogP contribution < -0.4 is 10.9 Å². The number of hydrogen-bond donors (Lipinski definition) is 4. The number of carbonyl (C=O) groups excluding carboxylic acids is 1. The number of phenolic OH excluding ortho intramolecular Hbond substituents is 1.